The van der Waals surface area contributed by atoms with E-state index in [9.17, 15) is 0 Å². The second kappa shape index (κ2) is 16.9. The predicted molar refractivity (Wildman–Crippen MR) is 87.1 cm³/mol. The molecule has 0 aliphatic rings. The van der Waals surface area contributed by atoms with Crippen molar-refractivity contribution in [1.82, 2.24) is 4.90 Å². The van der Waals surface area contributed by atoms with E-state index in [1.807, 2.05) is 0 Å². The molecule has 0 saturated carbocycles. The third kappa shape index (κ3) is 15.9. The van der Waals surface area contributed by atoms with Gasteiger partial charge < -0.3 is 15.1 Å². The van der Waals surface area contributed by atoms with E-state index in [1.54, 1.807) is 0 Å². The van der Waals surface area contributed by atoms with Crippen molar-refractivity contribution in [2.45, 2.75) is 77.0 Å². The average molecular weight is 287 g/mol. The molecule has 0 spiro atoms. The van der Waals surface area contributed by atoms with E-state index < -0.39 is 0 Å². The molecular weight excluding hydrogens is 250 g/mol. The molecule has 0 atom stereocenters. The zero-order chi connectivity index (χ0) is 14.9. The summed E-state index contributed by atoms with van der Waals surface area (Å²) in [6.45, 7) is 3.15. The van der Waals surface area contributed by atoms with E-state index in [-0.39, 0.29) is 0 Å². The highest BCUT2D eigenvalue weighted by Crippen LogP contribution is 2.08. The molecule has 0 aliphatic carbocycles. The van der Waals surface area contributed by atoms with Crippen molar-refractivity contribution in [2.75, 3.05) is 33.4 Å². The summed E-state index contributed by atoms with van der Waals surface area (Å²) in [6, 6.07) is 0. The summed E-state index contributed by atoms with van der Waals surface area (Å²) in [5, 5.41) is 17.4. The quantitative estimate of drug-likeness (QED) is 0.426. The Bertz CT molecular complexity index is 158. The lowest BCUT2D eigenvalue weighted by Crippen LogP contribution is -2.20. The maximum Gasteiger partial charge on any atom is 0.0431 e. The van der Waals surface area contributed by atoms with E-state index >= 15 is 0 Å². The van der Waals surface area contributed by atoms with Gasteiger partial charge in [-0.25, -0.2) is 0 Å². The standard InChI is InChI=1S/C17H37NO2/c1-18(14-10-6-2-4-8-12-16-19)15-11-7-3-5-9-13-17-20/h19-20H,2-17H2,1H3. The molecule has 0 aromatic carbocycles. The maximum atomic E-state index is 8.69. The van der Waals surface area contributed by atoms with Crippen LogP contribution in [0.3, 0.4) is 0 Å². The minimum absolute atomic E-state index is 0.350. The van der Waals surface area contributed by atoms with Crippen LogP contribution in [0.1, 0.15) is 77.0 Å². The van der Waals surface area contributed by atoms with Crippen molar-refractivity contribution >= 4 is 0 Å². The Morgan fingerprint density at radius 3 is 1.15 bits per heavy atom. The molecule has 0 aliphatic heterocycles. The zero-order valence-electron chi connectivity index (χ0n) is 13.7. The van der Waals surface area contributed by atoms with E-state index in [2.05, 4.69) is 11.9 Å². The van der Waals surface area contributed by atoms with Gasteiger partial charge >= 0.3 is 0 Å². The summed E-state index contributed by atoms with van der Waals surface area (Å²) in [4.78, 5) is 2.46. The van der Waals surface area contributed by atoms with Gasteiger partial charge in [-0.05, 0) is 45.8 Å². The first-order chi connectivity index (χ1) is 9.81. The summed E-state index contributed by atoms with van der Waals surface area (Å²) < 4.78 is 0. The number of aliphatic hydroxyl groups excluding tert-OH is 2. The highest BCUT2D eigenvalue weighted by Gasteiger charge is 1.98. The van der Waals surface area contributed by atoms with E-state index in [0.717, 1.165) is 12.8 Å². The Hall–Kier alpha value is -0.120. The fourth-order valence-electron chi connectivity index (χ4n) is 2.51. The molecule has 0 radical (unpaired) electrons. The molecule has 0 bridgehead atoms. The zero-order valence-corrected chi connectivity index (χ0v) is 13.7. The first-order valence-electron chi connectivity index (χ1n) is 8.71. The molecular formula is C17H37NO2. The normalized spacial score (nSPS) is 11.4. The first-order valence-corrected chi connectivity index (χ1v) is 8.71. The Morgan fingerprint density at radius 2 is 0.800 bits per heavy atom. The molecule has 0 amide bonds. The topological polar surface area (TPSA) is 43.7 Å². The lowest BCUT2D eigenvalue weighted by Gasteiger charge is -2.16. The fourth-order valence-corrected chi connectivity index (χ4v) is 2.51. The summed E-state index contributed by atoms with van der Waals surface area (Å²) >= 11 is 0. The van der Waals surface area contributed by atoms with E-state index in [1.165, 1.54) is 77.3 Å². The van der Waals surface area contributed by atoms with Crippen LogP contribution in [0.15, 0.2) is 0 Å². The van der Waals surface area contributed by atoms with Gasteiger partial charge in [0.25, 0.3) is 0 Å². The molecule has 0 saturated heterocycles. The maximum absolute atomic E-state index is 8.69. The van der Waals surface area contributed by atoms with Crippen LogP contribution in [0, 0.1) is 0 Å². The number of rotatable bonds is 16. The van der Waals surface area contributed by atoms with Crippen LogP contribution >= 0.6 is 0 Å². The van der Waals surface area contributed by atoms with Crippen LogP contribution in [-0.2, 0) is 0 Å². The summed E-state index contributed by atoms with van der Waals surface area (Å²) in [6.07, 6.45) is 14.8. The molecule has 0 heterocycles. The van der Waals surface area contributed by atoms with Gasteiger partial charge in [-0.15, -0.1) is 0 Å². The molecule has 122 valence electrons. The van der Waals surface area contributed by atoms with Gasteiger partial charge in [0.1, 0.15) is 0 Å². The van der Waals surface area contributed by atoms with Crippen molar-refractivity contribution in [1.29, 1.82) is 0 Å². The lowest BCUT2D eigenvalue weighted by molar-refractivity contribution is 0.280. The SMILES string of the molecule is CN(CCCCCCCCO)CCCCCCCCO. The highest BCUT2D eigenvalue weighted by atomic mass is 16.3. The van der Waals surface area contributed by atoms with Gasteiger partial charge in [-0.1, -0.05) is 51.4 Å². The number of aliphatic hydroxyl groups is 2. The van der Waals surface area contributed by atoms with Crippen LogP contribution in [0.5, 0.6) is 0 Å². The Morgan fingerprint density at radius 1 is 0.500 bits per heavy atom. The summed E-state index contributed by atoms with van der Waals surface area (Å²) in [5.41, 5.74) is 0. The monoisotopic (exact) mass is 287 g/mol. The smallest absolute Gasteiger partial charge is 0.0431 e. The second-order valence-corrected chi connectivity index (χ2v) is 5.99. The molecule has 0 fully saturated rings. The van der Waals surface area contributed by atoms with Crippen LogP contribution in [-0.4, -0.2) is 48.5 Å². The van der Waals surface area contributed by atoms with Gasteiger partial charge in [0.05, 0.1) is 0 Å². The molecule has 20 heavy (non-hydrogen) atoms. The summed E-state index contributed by atoms with van der Waals surface area (Å²) in [7, 11) is 2.23. The molecule has 0 aromatic rings. The van der Waals surface area contributed by atoms with Gasteiger partial charge in [-0.3, -0.25) is 0 Å². The van der Waals surface area contributed by atoms with Crippen molar-refractivity contribution in [3.05, 3.63) is 0 Å². The van der Waals surface area contributed by atoms with Crippen LogP contribution in [0.2, 0.25) is 0 Å². The van der Waals surface area contributed by atoms with Gasteiger partial charge in [0.15, 0.2) is 0 Å². The van der Waals surface area contributed by atoms with Gasteiger partial charge in [0.2, 0.25) is 0 Å². The first kappa shape index (κ1) is 19.9. The minimum Gasteiger partial charge on any atom is -0.396 e. The van der Waals surface area contributed by atoms with E-state index in [4.69, 9.17) is 10.2 Å². The second-order valence-electron chi connectivity index (χ2n) is 5.99. The number of nitrogens with zero attached hydrogens (tertiary/aromatic N) is 1. The Labute approximate surface area is 126 Å². The number of hydrogen-bond acceptors (Lipinski definition) is 3. The third-order valence-corrected chi connectivity index (χ3v) is 3.90. The average Bonchev–Trinajstić information content (AvgIpc) is 2.45. The Kier molecular flexibility index (Phi) is 16.8. The minimum atomic E-state index is 0.350. The molecule has 3 nitrogen and oxygen atoms in total. The molecule has 3 heteroatoms. The molecule has 0 unspecified atom stereocenters. The molecule has 0 rings (SSSR count). The number of unbranched alkanes of at least 4 members (excludes halogenated alkanes) is 10. The van der Waals surface area contributed by atoms with Gasteiger partial charge in [0, 0.05) is 13.2 Å². The fraction of sp³-hybridized carbons (Fsp3) is 1.00. The predicted octanol–water partition coefficient (Wildman–Crippen LogP) is 3.58. The number of hydrogen-bond donors (Lipinski definition) is 2. The van der Waals surface area contributed by atoms with Crippen molar-refractivity contribution in [2.24, 2.45) is 0 Å². The lowest BCUT2D eigenvalue weighted by atomic mass is 10.1. The largest absolute Gasteiger partial charge is 0.396 e. The van der Waals surface area contributed by atoms with Crippen molar-refractivity contribution in [3.63, 3.8) is 0 Å². The van der Waals surface area contributed by atoms with Gasteiger partial charge in [-0.2, -0.15) is 0 Å². The van der Waals surface area contributed by atoms with Crippen LogP contribution < -0.4 is 0 Å². The summed E-state index contributed by atoms with van der Waals surface area (Å²) in [5.74, 6) is 0. The third-order valence-electron chi connectivity index (χ3n) is 3.90. The van der Waals surface area contributed by atoms with Crippen molar-refractivity contribution in [3.8, 4) is 0 Å². The molecule has 0 aromatic heterocycles. The molecule has 2 N–H and O–H groups in total. The van der Waals surface area contributed by atoms with Crippen LogP contribution in [0.4, 0.5) is 0 Å². The van der Waals surface area contributed by atoms with E-state index in [0.29, 0.717) is 13.2 Å². The Balaban J connectivity index is 3.11. The highest BCUT2D eigenvalue weighted by molar-refractivity contribution is 4.54. The van der Waals surface area contributed by atoms with Crippen molar-refractivity contribution < 1.29 is 10.2 Å². The van der Waals surface area contributed by atoms with Crippen LogP contribution in [0.25, 0.3) is 0 Å².